The van der Waals surface area contributed by atoms with E-state index in [9.17, 15) is 9.59 Å². The summed E-state index contributed by atoms with van der Waals surface area (Å²) >= 11 is 0. The minimum atomic E-state index is -0.0713. The van der Waals surface area contributed by atoms with Gasteiger partial charge in [0.2, 0.25) is 5.91 Å². The number of amides is 3. The van der Waals surface area contributed by atoms with Crippen LogP contribution in [-0.4, -0.2) is 52.9 Å². The number of hydrogen-bond donors (Lipinski definition) is 1. The number of carbonyl (C=O) groups excluding carboxylic acids is 2. The summed E-state index contributed by atoms with van der Waals surface area (Å²) in [6.45, 7) is 3.00. The van der Waals surface area contributed by atoms with Crippen molar-refractivity contribution >= 4 is 11.9 Å². The van der Waals surface area contributed by atoms with E-state index in [-0.39, 0.29) is 11.4 Å². The van der Waals surface area contributed by atoms with Crippen molar-refractivity contribution in [3.8, 4) is 0 Å². The van der Waals surface area contributed by atoms with Gasteiger partial charge in [0.05, 0.1) is 17.7 Å². The van der Waals surface area contributed by atoms with E-state index in [2.05, 4.69) is 15.2 Å². The highest BCUT2D eigenvalue weighted by Gasteiger charge is 2.55. The van der Waals surface area contributed by atoms with E-state index in [1.807, 2.05) is 23.1 Å². The number of nitrogens with zero attached hydrogens (tertiary/aromatic N) is 3. The maximum atomic E-state index is 13.4. The number of urea groups is 1. The van der Waals surface area contributed by atoms with Gasteiger partial charge in [0.1, 0.15) is 0 Å². The summed E-state index contributed by atoms with van der Waals surface area (Å²) < 4.78 is 0. The molecule has 4 aliphatic carbocycles. The molecule has 4 bridgehead atoms. The van der Waals surface area contributed by atoms with E-state index in [4.69, 9.17) is 0 Å². The van der Waals surface area contributed by atoms with Crippen molar-refractivity contribution in [3.63, 3.8) is 0 Å². The van der Waals surface area contributed by atoms with E-state index >= 15 is 0 Å². The van der Waals surface area contributed by atoms with Gasteiger partial charge < -0.3 is 15.1 Å². The molecule has 0 unspecified atom stereocenters. The van der Waals surface area contributed by atoms with Crippen LogP contribution in [0.5, 0.6) is 0 Å². The van der Waals surface area contributed by atoms with E-state index in [0.717, 1.165) is 42.7 Å². The summed E-state index contributed by atoms with van der Waals surface area (Å²) in [6.07, 6.45) is 9.15. The molecule has 6 nitrogen and oxygen atoms in total. The van der Waals surface area contributed by atoms with Gasteiger partial charge in [-0.1, -0.05) is 6.07 Å². The molecule has 1 aromatic rings. The number of carbonyl (C=O) groups is 2. The molecule has 2 heterocycles. The van der Waals surface area contributed by atoms with Crippen molar-refractivity contribution in [2.24, 2.45) is 23.2 Å². The zero-order valence-corrected chi connectivity index (χ0v) is 16.5. The van der Waals surface area contributed by atoms with Crippen LogP contribution in [0.1, 0.15) is 44.2 Å². The Labute approximate surface area is 166 Å². The Balaban J connectivity index is 1.15. The summed E-state index contributed by atoms with van der Waals surface area (Å²) in [5.41, 5.74) is 0.782. The molecule has 5 fully saturated rings. The first-order valence-corrected chi connectivity index (χ1v) is 10.8. The lowest BCUT2D eigenvalue weighted by Crippen LogP contribution is -2.59. The van der Waals surface area contributed by atoms with Crippen LogP contribution in [0.4, 0.5) is 4.79 Å². The minimum Gasteiger partial charge on any atom is -0.339 e. The van der Waals surface area contributed by atoms with Crippen LogP contribution in [0.2, 0.25) is 0 Å². The van der Waals surface area contributed by atoms with E-state index < -0.39 is 0 Å². The van der Waals surface area contributed by atoms with Gasteiger partial charge in [-0.25, -0.2) is 4.79 Å². The molecule has 150 valence electrons. The summed E-state index contributed by atoms with van der Waals surface area (Å²) in [6, 6.07) is 5.63. The summed E-state index contributed by atoms with van der Waals surface area (Å²) in [5.74, 6) is 2.75. The van der Waals surface area contributed by atoms with Crippen molar-refractivity contribution in [2.45, 2.75) is 45.1 Å². The Hall–Kier alpha value is -2.11. The van der Waals surface area contributed by atoms with Gasteiger partial charge in [-0.2, -0.15) is 0 Å². The summed E-state index contributed by atoms with van der Waals surface area (Å²) in [4.78, 5) is 34.0. The highest BCUT2D eigenvalue weighted by molar-refractivity contribution is 5.84. The van der Waals surface area contributed by atoms with Crippen LogP contribution in [0.15, 0.2) is 24.4 Å². The molecular weight excluding hydrogens is 352 g/mol. The lowest BCUT2D eigenvalue weighted by atomic mass is 9.49. The van der Waals surface area contributed by atoms with Gasteiger partial charge in [-0.15, -0.1) is 0 Å². The molecule has 4 saturated carbocycles. The molecule has 6 rings (SSSR count). The second-order valence-corrected chi connectivity index (χ2v) is 9.46. The SMILES string of the molecule is O=C(NCc1ccccn1)N1CCN(C(=O)C23CC4CC(CC(C4)C2)C3)CC1. The molecule has 1 aromatic heterocycles. The molecule has 1 N–H and O–H groups in total. The van der Waals surface area contributed by atoms with E-state index in [1.54, 1.807) is 6.20 Å². The van der Waals surface area contributed by atoms with Crippen molar-refractivity contribution < 1.29 is 9.59 Å². The monoisotopic (exact) mass is 382 g/mol. The first-order chi connectivity index (χ1) is 13.6. The van der Waals surface area contributed by atoms with Crippen molar-refractivity contribution in [2.75, 3.05) is 26.2 Å². The highest BCUT2D eigenvalue weighted by Crippen LogP contribution is 2.60. The first kappa shape index (κ1) is 18.0. The number of aromatic nitrogens is 1. The standard InChI is InChI=1S/C22H30N4O2/c27-20(22-12-16-9-17(13-22)11-18(10-16)14-22)25-5-7-26(8-6-25)21(28)24-15-19-3-1-2-4-23-19/h1-4,16-18H,5-15H2,(H,24,28). The fourth-order valence-electron chi connectivity index (χ4n) is 6.60. The molecule has 0 atom stereocenters. The molecule has 3 amide bonds. The molecule has 0 spiro atoms. The van der Waals surface area contributed by atoms with E-state index in [0.29, 0.717) is 38.6 Å². The molecular formula is C22H30N4O2. The Morgan fingerprint density at radius 3 is 2.14 bits per heavy atom. The van der Waals surface area contributed by atoms with Gasteiger partial charge in [0.15, 0.2) is 0 Å². The minimum absolute atomic E-state index is 0.0624. The smallest absolute Gasteiger partial charge is 0.317 e. The van der Waals surface area contributed by atoms with E-state index in [1.165, 1.54) is 19.3 Å². The van der Waals surface area contributed by atoms with Gasteiger partial charge in [-0.3, -0.25) is 9.78 Å². The molecule has 1 saturated heterocycles. The predicted octanol–water partition coefficient (Wildman–Crippen LogP) is 2.65. The van der Waals surface area contributed by atoms with Crippen molar-refractivity contribution in [1.29, 1.82) is 0 Å². The van der Waals surface area contributed by atoms with Crippen LogP contribution in [0.25, 0.3) is 0 Å². The fourth-order valence-corrected chi connectivity index (χ4v) is 6.60. The topological polar surface area (TPSA) is 65.5 Å². The fraction of sp³-hybridized carbons (Fsp3) is 0.682. The third kappa shape index (κ3) is 3.27. The Morgan fingerprint density at radius 1 is 0.964 bits per heavy atom. The van der Waals surface area contributed by atoms with Gasteiger partial charge in [-0.05, 0) is 68.4 Å². The number of nitrogens with one attached hydrogen (secondary N) is 1. The van der Waals surface area contributed by atoms with Gasteiger partial charge >= 0.3 is 6.03 Å². The molecule has 5 aliphatic rings. The zero-order valence-electron chi connectivity index (χ0n) is 16.5. The Kier molecular flexibility index (Phi) is 4.52. The highest BCUT2D eigenvalue weighted by atomic mass is 16.2. The average molecular weight is 383 g/mol. The lowest BCUT2D eigenvalue weighted by molar-refractivity contribution is -0.159. The number of piperazine rings is 1. The number of pyridine rings is 1. The predicted molar refractivity (Wildman–Crippen MR) is 105 cm³/mol. The lowest BCUT2D eigenvalue weighted by Gasteiger charge is -2.57. The molecule has 0 radical (unpaired) electrons. The zero-order chi connectivity index (χ0) is 19.1. The summed E-state index contributed by atoms with van der Waals surface area (Å²) in [7, 11) is 0. The third-order valence-corrected chi connectivity index (χ3v) is 7.49. The molecule has 28 heavy (non-hydrogen) atoms. The summed E-state index contributed by atoms with van der Waals surface area (Å²) in [5, 5.41) is 2.94. The second kappa shape index (κ2) is 7.05. The maximum Gasteiger partial charge on any atom is 0.317 e. The van der Waals surface area contributed by atoms with Crippen LogP contribution >= 0.6 is 0 Å². The molecule has 1 aliphatic heterocycles. The van der Waals surface area contributed by atoms with Crippen LogP contribution in [-0.2, 0) is 11.3 Å². The Morgan fingerprint density at radius 2 is 1.57 bits per heavy atom. The van der Waals surface area contributed by atoms with Crippen molar-refractivity contribution in [1.82, 2.24) is 20.1 Å². The number of rotatable bonds is 3. The molecule has 0 aromatic carbocycles. The quantitative estimate of drug-likeness (QED) is 0.874. The normalized spacial score (nSPS) is 33.8. The number of hydrogen-bond acceptors (Lipinski definition) is 3. The van der Waals surface area contributed by atoms with Gasteiger partial charge in [0.25, 0.3) is 0 Å². The van der Waals surface area contributed by atoms with Crippen LogP contribution in [0.3, 0.4) is 0 Å². The molecule has 6 heteroatoms. The van der Waals surface area contributed by atoms with Crippen molar-refractivity contribution in [3.05, 3.63) is 30.1 Å². The van der Waals surface area contributed by atoms with Gasteiger partial charge in [0, 0.05) is 32.4 Å². The Bertz CT molecular complexity index is 707. The van der Waals surface area contributed by atoms with Crippen LogP contribution in [0, 0.1) is 23.2 Å². The first-order valence-electron chi connectivity index (χ1n) is 10.8. The average Bonchev–Trinajstić information content (AvgIpc) is 2.71. The maximum absolute atomic E-state index is 13.4. The largest absolute Gasteiger partial charge is 0.339 e. The second-order valence-electron chi connectivity index (χ2n) is 9.46. The van der Waals surface area contributed by atoms with Crippen LogP contribution < -0.4 is 5.32 Å². The third-order valence-electron chi connectivity index (χ3n) is 7.49.